The molecular formula is C21H26N4. The Balaban J connectivity index is 1.59. The van der Waals surface area contributed by atoms with Gasteiger partial charge in [0.1, 0.15) is 0 Å². The summed E-state index contributed by atoms with van der Waals surface area (Å²) in [6, 6.07) is 8.88. The number of aromatic nitrogens is 3. The highest BCUT2D eigenvalue weighted by Crippen LogP contribution is 2.30. The van der Waals surface area contributed by atoms with E-state index in [4.69, 9.17) is 4.98 Å². The summed E-state index contributed by atoms with van der Waals surface area (Å²) in [6.07, 6.45) is 9.81. The molecule has 0 saturated carbocycles. The van der Waals surface area contributed by atoms with Gasteiger partial charge in [0.05, 0.1) is 6.20 Å². The van der Waals surface area contributed by atoms with Crippen LogP contribution in [0.1, 0.15) is 37.8 Å². The molecule has 25 heavy (non-hydrogen) atoms. The molecule has 0 bridgehead atoms. The molecule has 130 valence electrons. The number of unbranched alkanes of at least 4 members (excludes halogenated alkanes) is 1. The van der Waals surface area contributed by atoms with Gasteiger partial charge in [0.2, 0.25) is 0 Å². The molecule has 0 amide bonds. The van der Waals surface area contributed by atoms with Gasteiger partial charge in [-0.3, -0.25) is 9.67 Å². The van der Waals surface area contributed by atoms with Crippen molar-refractivity contribution in [1.29, 1.82) is 0 Å². The Hall–Kier alpha value is -2.20. The van der Waals surface area contributed by atoms with Gasteiger partial charge in [0.25, 0.3) is 0 Å². The van der Waals surface area contributed by atoms with Crippen LogP contribution in [-0.2, 0) is 7.05 Å². The van der Waals surface area contributed by atoms with Gasteiger partial charge in [0.15, 0.2) is 0 Å². The zero-order valence-electron chi connectivity index (χ0n) is 15.2. The van der Waals surface area contributed by atoms with Gasteiger partial charge in [-0.05, 0) is 49.0 Å². The fourth-order valence-electron chi connectivity index (χ4n) is 3.79. The Bertz CT molecular complexity index is 867. The second kappa shape index (κ2) is 6.96. The summed E-state index contributed by atoms with van der Waals surface area (Å²) in [4.78, 5) is 7.36. The van der Waals surface area contributed by atoms with Crippen LogP contribution in [0.15, 0.2) is 42.9 Å². The zero-order valence-corrected chi connectivity index (χ0v) is 15.2. The van der Waals surface area contributed by atoms with Crippen molar-refractivity contribution in [3.8, 4) is 11.1 Å². The summed E-state index contributed by atoms with van der Waals surface area (Å²) < 4.78 is 1.85. The monoisotopic (exact) mass is 334 g/mol. The van der Waals surface area contributed by atoms with E-state index >= 15 is 0 Å². The van der Waals surface area contributed by atoms with Gasteiger partial charge in [-0.15, -0.1) is 0 Å². The van der Waals surface area contributed by atoms with Crippen LogP contribution in [0, 0.1) is 0 Å². The molecule has 4 heteroatoms. The topological polar surface area (TPSA) is 34.0 Å². The van der Waals surface area contributed by atoms with Crippen molar-refractivity contribution in [2.24, 2.45) is 7.05 Å². The van der Waals surface area contributed by atoms with E-state index in [1.807, 2.05) is 24.1 Å². The van der Waals surface area contributed by atoms with Crippen LogP contribution in [0.25, 0.3) is 21.9 Å². The number of fused-ring (bicyclic) bond motifs is 1. The third kappa shape index (κ3) is 3.45. The third-order valence-corrected chi connectivity index (χ3v) is 5.30. The average molecular weight is 334 g/mol. The van der Waals surface area contributed by atoms with Crippen molar-refractivity contribution in [1.82, 2.24) is 19.7 Å². The van der Waals surface area contributed by atoms with E-state index < -0.39 is 0 Å². The van der Waals surface area contributed by atoms with Crippen molar-refractivity contribution >= 4 is 10.8 Å². The highest BCUT2D eigenvalue weighted by Gasteiger charge is 2.24. The Morgan fingerprint density at radius 3 is 2.84 bits per heavy atom. The minimum absolute atomic E-state index is 0.573. The molecule has 0 N–H and O–H groups in total. The van der Waals surface area contributed by atoms with Crippen molar-refractivity contribution in [2.45, 2.75) is 32.1 Å². The van der Waals surface area contributed by atoms with E-state index in [0.29, 0.717) is 5.92 Å². The fourth-order valence-corrected chi connectivity index (χ4v) is 3.79. The van der Waals surface area contributed by atoms with Crippen LogP contribution in [0.5, 0.6) is 0 Å². The molecule has 3 aromatic rings. The number of hydrogen-bond donors (Lipinski definition) is 0. The molecule has 1 aliphatic rings. The lowest BCUT2D eigenvalue weighted by Crippen LogP contribution is -2.21. The normalized spacial score (nSPS) is 18.2. The molecule has 1 aliphatic heterocycles. The van der Waals surface area contributed by atoms with E-state index in [-0.39, 0.29) is 0 Å². The highest BCUT2D eigenvalue weighted by molar-refractivity contribution is 5.86. The maximum absolute atomic E-state index is 4.77. The van der Waals surface area contributed by atoms with Gasteiger partial charge >= 0.3 is 0 Å². The van der Waals surface area contributed by atoms with E-state index in [1.54, 1.807) is 0 Å². The average Bonchev–Trinajstić information content (AvgIpc) is 3.28. The first-order chi connectivity index (χ1) is 12.2. The van der Waals surface area contributed by atoms with E-state index in [2.05, 4.69) is 47.4 Å². The van der Waals surface area contributed by atoms with Gasteiger partial charge < -0.3 is 4.90 Å². The Kier molecular flexibility index (Phi) is 4.53. The fraction of sp³-hybridized carbons (Fsp3) is 0.429. The quantitative estimate of drug-likeness (QED) is 0.700. The Morgan fingerprint density at radius 2 is 2.04 bits per heavy atom. The lowest BCUT2D eigenvalue weighted by molar-refractivity contribution is 0.327. The summed E-state index contributed by atoms with van der Waals surface area (Å²) in [7, 11) is 1.96. The summed E-state index contributed by atoms with van der Waals surface area (Å²) in [5.74, 6) is 0.573. The van der Waals surface area contributed by atoms with Crippen LogP contribution in [-0.4, -0.2) is 39.3 Å². The smallest absolute Gasteiger partial charge is 0.0568 e. The molecule has 0 radical (unpaired) electrons. The maximum Gasteiger partial charge on any atom is 0.0568 e. The van der Waals surface area contributed by atoms with Gasteiger partial charge in [0, 0.05) is 48.5 Å². The minimum Gasteiger partial charge on any atom is -0.303 e. The number of hydrogen-bond acceptors (Lipinski definition) is 3. The standard InChI is InChI=1S/C21H26N4/c1-3-4-8-25-9-7-18(15-25)21-11-19-10-16(5-6-17(19)12-22-21)20-13-23-24(2)14-20/h5-6,10-14,18H,3-4,7-9,15H2,1-2H3. The predicted octanol–water partition coefficient (Wildman–Crippen LogP) is 4.22. The molecule has 2 aromatic heterocycles. The number of benzene rings is 1. The summed E-state index contributed by atoms with van der Waals surface area (Å²) in [5.41, 5.74) is 3.62. The SMILES string of the molecule is CCCCN1CCC(c2cc3cc(-c4cnn(C)c4)ccc3cn2)C1. The Morgan fingerprint density at radius 1 is 1.12 bits per heavy atom. The first kappa shape index (κ1) is 16.3. The maximum atomic E-state index is 4.77. The first-order valence-corrected chi connectivity index (χ1v) is 9.34. The first-order valence-electron chi connectivity index (χ1n) is 9.34. The second-order valence-electron chi connectivity index (χ2n) is 7.21. The van der Waals surface area contributed by atoms with Gasteiger partial charge in [-0.2, -0.15) is 5.10 Å². The third-order valence-electron chi connectivity index (χ3n) is 5.30. The molecule has 0 aliphatic carbocycles. The largest absolute Gasteiger partial charge is 0.303 e. The second-order valence-corrected chi connectivity index (χ2v) is 7.21. The van der Waals surface area contributed by atoms with Crippen molar-refractivity contribution in [2.75, 3.05) is 19.6 Å². The van der Waals surface area contributed by atoms with Crippen LogP contribution in [0.3, 0.4) is 0 Å². The number of likely N-dealkylation sites (tertiary alicyclic amines) is 1. The molecule has 4 rings (SSSR count). The van der Waals surface area contributed by atoms with Crippen molar-refractivity contribution in [3.05, 3.63) is 48.5 Å². The summed E-state index contributed by atoms with van der Waals surface area (Å²) >= 11 is 0. The molecule has 3 heterocycles. The van der Waals surface area contributed by atoms with E-state index in [1.165, 1.54) is 54.4 Å². The van der Waals surface area contributed by atoms with Crippen LogP contribution < -0.4 is 0 Å². The molecule has 0 spiro atoms. The van der Waals surface area contributed by atoms with Gasteiger partial charge in [-0.25, -0.2) is 0 Å². The molecule has 1 saturated heterocycles. The minimum atomic E-state index is 0.573. The molecule has 1 fully saturated rings. The van der Waals surface area contributed by atoms with E-state index in [9.17, 15) is 0 Å². The number of nitrogens with zero attached hydrogens (tertiary/aromatic N) is 4. The summed E-state index contributed by atoms with van der Waals surface area (Å²) in [5, 5.41) is 6.77. The molecule has 1 atom stereocenters. The lowest BCUT2D eigenvalue weighted by atomic mass is 9.99. The number of rotatable bonds is 5. The Labute approximate surface area is 149 Å². The van der Waals surface area contributed by atoms with Crippen molar-refractivity contribution < 1.29 is 0 Å². The van der Waals surface area contributed by atoms with Crippen LogP contribution in [0.2, 0.25) is 0 Å². The number of pyridine rings is 1. The zero-order chi connectivity index (χ0) is 17.2. The summed E-state index contributed by atoms with van der Waals surface area (Å²) in [6.45, 7) is 5.85. The predicted molar refractivity (Wildman–Crippen MR) is 103 cm³/mol. The molecule has 4 nitrogen and oxygen atoms in total. The lowest BCUT2D eigenvalue weighted by Gasteiger charge is -2.15. The van der Waals surface area contributed by atoms with Crippen molar-refractivity contribution in [3.63, 3.8) is 0 Å². The van der Waals surface area contributed by atoms with Crippen LogP contribution in [0.4, 0.5) is 0 Å². The van der Waals surface area contributed by atoms with Gasteiger partial charge in [-0.1, -0.05) is 25.5 Å². The molecule has 1 unspecified atom stereocenters. The van der Waals surface area contributed by atoms with Crippen LogP contribution >= 0.6 is 0 Å². The molecule has 1 aromatic carbocycles. The van der Waals surface area contributed by atoms with E-state index in [0.717, 1.165) is 12.1 Å². The number of aryl methyl sites for hydroxylation is 1. The highest BCUT2D eigenvalue weighted by atomic mass is 15.2. The molecular weight excluding hydrogens is 308 g/mol.